The molecule has 0 aliphatic rings. The minimum absolute atomic E-state index is 0.126. The highest BCUT2D eigenvalue weighted by Crippen LogP contribution is 2.21. The van der Waals surface area contributed by atoms with Crippen LogP contribution in [0.25, 0.3) is 0 Å². The molecule has 2 aromatic heterocycles. The first kappa shape index (κ1) is 17.2. The number of nitrogens with zero attached hydrogens (tertiary/aromatic N) is 6. The molecule has 1 N–H and O–H groups in total. The zero-order valence-corrected chi connectivity index (χ0v) is 13.6. The highest BCUT2D eigenvalue weighted by atomic mass is 19.1. The Morgan fingerprint density at radius 2 is 2.04 bits per heavy atom. The van der Waals surface area contributed by atoms with Gasteiger partial charge in [0.1, 0.15) is 17.9 Å². The fourth-order valence-corrected chi connectivity index (χ4v) is 2.24. The molecule has 10 nitrogen and oxygen atoms in total. The summed E-state index contributed by atoms with van der Waals surface area (Å²) < 4.78 is 16.0. The number of carbonyl (C=O) groups is 1. The first-order valence-corrected chi connectivity index (χ1v) is 6.91. The van der Waals surface area contributed by atoms with Crippen molar-refractivity contribution in [2.24, 2.45) is 12.1 Å². The number of nitro groups is 1. The van der Waals surface area contributed by atoms with Crippen molar-refractivity contribution in [3.63, 3.8) is 0 Å². The number of amides is 1. The molecular formula is C13H16FN7O3. The van der Waals surface area contributed by atoms with Gasteiger partial charge in [0, 0.05) is 7.05 Å². The summed E-state index contributed by atoms with van der Waals surface area (Å²) >= 11 is 0. The molecule has 0 saturated carbocycles. The molecule has 0 fully saturated rings. The number of nitrogens with one attached hydrogen (secondary N) is 1. The zero-order chi connectivity index (χ0) is 18.0. The molecule has 1 amide bonds. The molecule has 2 heterocycles. The third-order valence-electron chi connectivity index (χ3n) is 3.40. The molecular weight excluding hydrogens is 321 g/mol. The van der Waals surface area contributed by atoms with Gasteiger partial charge < -0.3 is 0 Å². The second-order valence-corrected chi connectivity index (χ2v) is 5.14. The van der Waals surface area contributed by atoms with Gasteiger partial charge in [-0.1, -0.05) is 0 Å². The monoisotopic (exact) mass is 337 g/mol. The lowest BCUT2D eigenvalue weighted by atomic mass is 10.3. The Morgan fingerprint density at radius 3 is 2.54 bits per heavy atom. The van der Waals surface area contributed by atoms with Gasteiger partial charge in [-0.3, -0.25) is 19.6 Å². The molecule has 24 heavy (non-hydrogen) atoms. The van der Waals surface area contributed by atoms with Crippen LogP contribution in [0.5, 0.6) is 0 Å². The van der Waals surface area contributed by atoms with E-state index in [0.717, 1.165) is 10.9 Å². The Balaban J connectivity index is 2.05. The Hall–Kier alpha value is -3.11. The van der Waals surface area contributed by atoms with Crippen LogP contribution in [0.4, 0.5) is 10.1 Å². The molecule has 11 heteroatoms. The van der Waals surface area contributed by atoms with Crippen molar-refractivity contribution in [1.29, 1.82) is 0 Å². The topological polar surface area (TPSA) is 120 Å². The molecule has 0 aromatic carbocycles. The predicted molar refractivity (Wildman–Crippen MR) is 82.0 cm³/mol. The summed E-state index contributed by atoms with van der Waals surface area (Å²) in [6, 6.07) is 0. The number of halogens is 1. The third-order valence-corrected chi connectivity index (χ3v) is 3.40. The molecule has 0 unspecified atom stereocenters. The maximum atomic E-state index is 13.7. The number of rotatable bonds is 5. The van der Waals surface area contributed by atoms with Crippen LogP contribution in [-0.4, -0.2) is 36.6 Å². The van der Waals surface area contributed by atoms with Gasteiger partial charge in [0.15, 0.2) is 0 Å². The number of hydrogen-bond acceptors (Lipinski definition) is 6. The van der Waals surface area contributed by atoms with E-state index in [4.69, 9.17) is 0 Å². The van der Waals surface area contributed by atoms with Gasteiger partial charge in [-0.2, -0.15) is 19.7 Å². The highest BCUT2D eigenvalue weighted by molar-refractivity contribution is 5.83. The lowest BCUT2D eigenvalue weighted by molar-refractivity contribution is -0.386. The van der Waals surface area contributed by atoms with Crippen LogP contribution in [0.15, 0.2) is 5.10 Å². The van der Waals surface area contributed by atoms with Crippen molar-refractivity contribution < 1.29 is 14.1 Å². The molecule has 0 atom stereocenters. The summed E-state index contributed by atoms with van der Waals surface area (Å²) in [5.74, 6) is -1.12. The van der Waals surface area contributed by atoms with Crippen LogP contribution in [0, 0.1) is 36.8 Å². The Labute approximate surface area is 136 Å². The van der Waals surface area contributed by atoms with Gasteiger partial charge in [-0.05, 0) is 20.8 Å². The number of hydrogen-bond donors (Lipinski definition) is 1. The molecule has 0 spiro atoms. The summed E-state index contributed by atoms with van der Waals surface area (Å²) in [6.07, 6.45) is 1.15. The van der Waals surface area contributed by atoms with Gasteiger partial charge in [-0.25, -0.2) is 10.1 Å². The van der Waals surface area contributed by atoms with E-state index in [9.17, 15) is 19.3 Å². The largest absolute Gasteiger partial charge is 0.312 e. The standard InChI is InChI=1S/C13H16FN7O3/c1-7-10(13(14)19(4)17-7)5-15-16-11(22)6-20-9(3)12(21(23)24)8(2)18-20/h5H,6H2,1-4H3,(H,16,22). The Bertz CT molecular complexity index is 837. The number of aryl methyl sites for hydroxylation is 3. The van der Waals surface area contributed by atoms with Gasteiger partial charge in [0.2, 0.25) is 5.95 Å². The van der Waals surface area contributed by atoms with Crippen molar-refractivity contribution in [2.45, 2.75) is 27.3 Å². The molecule has 0 bridgehead atoms. The Kier molecular flexibility index (Phi) is 4.71. The van der Waals surface area contributed by atoms with Crippen LogP contribution in [-0.2, 0) is 18.4 Å². The molecule has 0 aliphatic heterocycles. The van der Waals surface area contributed by atoms with E-state index in [2.05, 4.69) is 20.7 Å². The van der Waals surface area contributed by atoms with E-state index in [1.807, 2.05) is 0 Å². The van der Waals surface area contributed by atoms with E-state index in [1.165, 1.54) is 25.6 Å². The molecule has 0 radical (unpaired) electrons. The van der Waals surface area contributed by atoms with Gasteiger partial charge in [-0.15, -0.1) is 0 Å². The summed E-state index contributed by atoms with van der Waals surface area (Å²) in [5, 5.41) is 22.4. The zero-order valence-electron chi connectivity index (χ0n) is 13.6. The summed E-state index contributed by atoms with van der Waals surface area (Å²) in [6.45, 7) is 4.36. The SMILES string of the molecule is Cc1nn(C)c(F)c1C=NNC(=O)Cn1nc(C)c([N+](=O)[O-])c1C. The maximum Gasteiger partial charge on any atom is 0.312 e. The number of carbonyl (C=O) groups excluding carboxylic acids is 1. The minimum atomic E-state index is -0.570. The van der Waals surface area contributed by atoms with Crippen LogP contribution in [0.1, 0.15) is 22.6 Å². The fourth-order valence-electron chi connectivity index (χ4n) is 2.24. The second-order valence-electron chi connectivity index (χ2n) is 5.14. The van der Waals surface area contributed by atoms with Crippen LogP contribution in [0.3, 0.4) is 0 Å². The van der Waals surface area contributed by atoms with Crippen molar-refractivity contribution >= 4 is 17.8 Å². The fraction of sp³-hybridized carbons (Fsp3) is 0.385. The van der Waals surface area contributed by atoms with Crippen LogP contribution >= 0.6 is 0 Å². The highest BCUT2D eigenvalue weighted by Gasteiger charge is 2.22. The first-order valence-electron chi connectivity index (χ1n) is 6.91. The third kappa shape index (κ3) is 3.29. The smallest absolute Gasteiger partial charge is 0.271 e. The van der Waals surface area contributed by atoms with Gasteiger partial charge in [0.05, 0.1) is 22.4 Å². The van der Waals surface area contributed by atoms with Crippen molar-refractivity contribution in [2.75, 3.05) is 0 Å². The molecule has 0 saturated heterocycles. The quantitative estimate of drug-likeness (QED) is 0.490. The summed E-state index contributed by atoms with van der Waals surface area (Å²) in [4.78, 5) is 22.2. The normalized spacial score (nSPS) is 11.2. The van der Waals surface area contributed by atoms with E-state index in [0.29, 0.717) is 5.69 Å². The van der Waals surface area contributed by atoms with E-state index < -0.39 is 16.8 Å². The molecule has 0 aliphatic carbocycles. The van der Waals surface area contributed by atoms with Crippen molar-refractivity contribution in [3.05, 3.63) is 38.7 Å². The molecule has 128 valence electrons. The van der Waals surface area contributed by atoms with E-state index >= 15 is 0 Å². The second kappa shape index (κ2) is 6.56. The van der Waals surface area contributed by atoms with Crippen molar-refractivity contribution in [1.82, 2.24) is 25.0 Å². The lowest BCUT2D eigenvalue weighted by Gasteiger charge is -2.02. The predicted octanol–water partition coefficient (Wildman–Crippen LogP) is 0.739. The first-order chi connectivity index (χ1) is 11.2. The van der Waals surface area contributed by atoms with Gasteiger partial charge in [0.25, 0.3) is 5.91 Å². The molecule has 2 rings (SSSR count). The van der Waals surface area contributed by atoms with E-state index in [-0.39, 0.29) is 29.2 Å². The average Bonchev–Trinajstić information content (AvgIpc) is 2.89. The number of hydrazone groups is 1. The van der Waals surface area contributed by atoms with Crippen LogP contribution in [0.2, 0.25) is 0 Å². The van der Waals surface area contributed by atoms with Gasteiger partial charge >= 0.3 is 5.69 Å². The molecule has 2 aromatic rings. The summed E-state index contributed by atoms with van der Waals surface area (Å²) in [7, 11) is 1.45. The lowest BCUT2D eigenvalue weighted by Crippen LogP contribution is -2.24. The minimum Gasteiger partial charge on any atom is -0.271 e. The average molecular weight is 337 g/mol. The Morgan fingerprint density at radius 1 is 1.38 bits per heavy atom. The number of aromatic nitrogens is 4. The van der Waals surface area contributed by atoms with Crippen molar-refractivity contribution in [3.8, 4) is 0 Å². The summed E-state index contributed by atoms with van der Waals surface area (Å²) in [5.41, 5.74) is 3.19. The van der Waals surface area contributed by atoms with Crippen LogP contribution < -0.4 is 5.43 Å². The maximum absolute atomic E-state index is 13.7. The van der Waals surface area contributed by atoms with E-state index in [1.54, 1.807) is 6.92 Å².